The summed E-state index contributed by atoms with van der Waals surface area (Å²) in [5.41, 5.74) is 3.24. The molecule has 3 heterocycles. The summed E-state index contributed by atoms with van der Waals surface area (Å²) in [7, 11) is 0. The van der Waals surface area contributed by atoms with Crippen molar-refractivity contribution in [3.63, 3.8) is 0 Å². The average molecular weight is 470 g/mol. The van der Waals surface area contributed by atoms with Crippen molar-refractivity contribution in [3.05, 3.63) is 66.8 Å². The zero-order valence-corrected chi connectivity index (χ0v) is 20.2. The van der Waals surface area contributed by atoms with Crippen molar-refractivity contribution in [1.29, 1.82) is 0 Å². The summed E-state index contributed by atoms with van der Waals surface area (Å²) < 4.78 is 2.30. The lowest BCUT2D eigenvalue weighted by Crippen LogP contribution is -2.26. The zero-order chi connectivity index (χ0) is 21.8. The van der Waals surface area contributed by atoms with Crippen LogP contribution in [-0.2, 0) is 19.4 Å². The maximum absolute atomic E-state index is 13.2. The molecule has 7 heteroatoms. The van der Waals surface area contributed by atoms with E-state index in [0.717, 1.165) is 39.2 Å². The van der Waals surface area contributed by atoms with Crippen LogP contribution in [0.3, 0.4) is 0 Å². The first kappa shape index (κ1) is 20.9. The van der Waals surface area contributed by atoms with Crippen LogP contribution in [0.25, 0.3) is 21.5 Å². The summed E-state index contributed by atoms with van der Waals surface area (Å²) in [4.78, 5) is 25.3. The van der Waals surface area contributed by atoms with Crippen LogP contribution in [0.5, 0.6) is 0 Å². The highest BCUT2D eigenvalue weighted by molar-refractivity contribution is 7.19. The molecule has 1 aromatic carbocycles. The third-order valence-electron chi connectivity index (χ3n) is 6.28. The Kier molecular flexibility index (Phi) is 5.27. The fraction of sp³-hybridized carbons (Fsp3) is 0.375. The molecule has 1 aliphatic carbocycles. The predicted octanol–water partition coefficient (Wildman–Crippen LogP) is 6.43. The van der Waals surface area contributed by atoms with Gasteiger partial charge in [-0.1, -0.05) is 62.7 Å². The number of halogens is 1. The van der Waals surface area contributed by atoms with Crippen LogP contribution in [0.4, 0.5) is 0 Å². The van der Waals surface area contributed by atoms with E-state index in [9.17, 15) is 4.79 Å². The van der Waals surface area contributed by atoms with E-state index < -0.39 is 0 Å². The molecule has 1 atom stereocenters. The van der Waals surface area contributed by atoms with Gasteiger partial charge in [-0.3, -0.25) is 4.57 Å². The second-order valence-electron chi connectivity index (χ2n) is 9.26. The predicted molar refractivity (Wildman–Crippen MR) is 131 cm³/mol. The number of nitrogens with zero attached hydrogens (tertiary/aromatic N) is 3. The van der Waals surface area contributed by atoms with Crippen molar-refractivity contribution >= 4 is 44.5 Å². The molecule has 0 N–H and O–H groups in total. The number of benzene rings is 1. The molecule has 0 amide bonds. The summed E-state index contributed by atoms with van der Waals surface area (Å²) in [5, 5.41) is 1.15. The van der Waals surface area contributed by atoms with Crippen LogP contribution in [0.15, 0.2) is 41.3 Å². The van der Waals surface area contributed by atoms with E-state index in [-0.39, 0.29) is 11.1 Å². The van der Waals surface area contributed by atoms with Gasteiger partial charge in [-0.2, -0.15) is 4.98 Å². The van der Waals surface area contributed by atoms with E-state index in [2.05, 4.69) is 30.7 Å². The number of rotatable bonds is 3. The SMILES string of the molecule is CC(C)(C)C1CCc2c(sc3c2c(-c2ccccc2)nc(=O)n3Cc2cnc(Cl)s2)C1. The Balaban J connectivity index is 1.73. The van der Waals surface area contributed by atoms with E-state index in [1.165, 1.54) is 28.2 Å². The van der Waals surface area contributed by atoms with Gasteiger partial charge in [0.15, 0.2) is 4.47 Å². The zero-order valence-electron chi connectivity index (χ0n) is 17.8. The van der Waals surface area contributed by atoms with Gasteiger partial charge in [0.1, 0.15) is 4.83 Å². The van der Waals surface area contributed by atoms with Gasteiger partial charge in [0.05, 0.1) is 12.2 Å². The highest BCUT2D eigenvalue weighted by Gasteiger charge is 2.32. The first-order valence-corrected chi connectivity index (χ1v) is 12.5. The molecule has 5 rings (SSSR count). The topological polar surface area (TPSA) is 47.8 Å². The number of fused-ring (bicyclic) bond motifs is 3. The number of thiophene rings is 1. The molecule has 4 aromatic rings. The van der Waals surface area contributed by atoms with Crippen LogP contribution in [-0.4, -0.2) is 14.5 Å². The van der Waals surface area contributed by atoms with Crippen LogP contribution < -0.4 is 5.69 Å². The Morgan fingerprint density at radius 2 is 1.97 bits per heavy atom. The quantitative estimate of drug-likeness (QED) is 0.347. The van der Waals surface area contributed by atoms with Crippen molar-refractivity contribution in [2.45, 2.75) is 46.6 Å². The fourth-order valence-corrected chi connectivity index (χ4v) is 6.89. The van der Waals surface area contributed by atoms with Crippen LogP contribution in [0, 0.1) is 11.3 Å². The Morgan fingerprint density at radius 3 is 2.65 bits per heavy atom. The second kappa shape index (κ2) is 7.84. The molecule has 4 nitrogen and oxygen atoms in total. The first-order valence-electron chi connectivity index (χ1n) is 10.5. The van der Waals surface area contributed by atoms with E-state index in [1.807, 2.05) is 30.3 Å². The number of hydrogen-bond acceptors (Lipinski definition) is 5. The summed E-state index contributed by atoms with van der Waals surface area (Å²) >= 11 is 9.22. The van der Waals surface area contributed by atoms with Crippen molar-refractivity contribution in [3.8, 4) is 11.3 Å². The molecular weight excluding hydrogens is 446 g/mol. The van der Waals surface area contributed by atoms with Crippen LogP contribution in [0.2, 0.25) is 4.47 Å². The molecule has 1 aliphatic rings. The lowest BCUT2D eigenvalue weighted by Gasteiger charge is -2.33. The molecule has 0 aliphatic heterocycles. The Bertz CT molecular complexity index is 1310. The smallest absolute Gasteiger partial charge is 0.278 e. The summed E-state index contributed by atoms with van der Waals surface area (Å²) in [6, 6.07) is 10.1. The first-order chi connectivity index (χ1) is 14.8. The van der Waals surface area contributed by atoms with E-state index in [1.54, 1.807) is 22.1 Å². The standard InChI is InChI=1S/C24H24ClN3OS2/c1-24(2,3)15-9-10-17-18(11-15)31-21-19(17)20(14-7-5-4-6-8-14)27-23(29)28(21)13-16-12-26-22(25)30-16/h4-8,12,15H,9-11,13H2,1-3H3. The van der Waals surface area contributed by atoms with Gasteiger partial charge in [-0.15, -0.1) is 22.7 Å². The Hall–Kier alpha value is -2.02. The maximum Gasteiger partial charge on any atom is 0.349 e. The molecule has 31 heavy (non-hydrogen) atoms. The summed E-state index contributed by atoms with van der Waals surface area (Å²) in [5.74, 6) is 0.640. The van der Waals surface area contributed by atoms with E-state index in [4.69, 9.17) is 11.6 Å². The average Bonchev–Trinajstić information content (AvgIpc) is 3.32. The molecule has 0 spiro atoms. The molecule has 1 unspecified atom stereocenters. The maximum atomic E-state index is 13.2. The minimum absolute atomic E-state index is 0.221. The van der Waals surface area contributed by atoms with Crippen molar-refractivity contribution in [1.82, 2.24) is 14.5 Å². The number of aromatic nitrogens is 3. The van der Waals surface area contributed by atoms with Gasteiger partial charge in [0.25, 0.3) is 0 Å². The van der Waals surface area contributed by atoms with E-state index in [0.29, 0.717) is 16.9 Å². The molecule has 0 fully saturated rings. The molecular formula is C24H24ClN3OS2. The molecule has 0 saturated heterocycles. The lowest BCUT2D eigenvalue weighted by molar-refractivity contribution is 0.218. The van der Waals surface area contributed by atoms with Crippen molar-refractivity contribution in [2.24, 2.45) is 11.3 Å². The van der Waals surface area contributed by atoms with Crippen molar-refractivity contribution < 1.29 is 0 Å². The van der Waals surface area contributed by atoms with E-state index >= 15 is 0 Å². The Labute approximate surface area is 194 Å². The number of aryl methyl sites for hydroxylation is 1. The molecule has 0 bridgehead atoms. The Morgan fingerprint density at radius 1 is 1.19 bits per heavy atom. The third kappa shape index (κ3) is 3.86. The van der Waals surface area contributed by atoms with Crippen LogP contribution >= 0.6 is 34.3 Å². The molecule has 160 valence electrons. The van der Waals surface area contributed by atoms with Gasteiger partial charge >= 0.3 is 5.69 Å². The second-order valence-corrected chi connectivity index (χ2v) is 12.0. The third-order valence-corrected chi connectivity index (χ3v) is 8.66. The summed E-state index contributed by atoms with van der Waals surface area (Å²) in [6.07, 6.45) is 5.01. The fourth-order valence-electron chi connectivity index (χ4n) is 4.50. The van der Waals surface area contributed by atoms with Gasteiger partial charge in [0.2, 0.25) is 0 Å². The highest BCUT2D eigenvalue weighted by Crippen LogP contribution is 2.45. The van der Waals surface area contributed by atoms with Gasteiger partial charge in [-0.25, -0.2) is 9.78 Å². The lowest BCUT2D eigenvalue weighted by atomic mass is 9.72. The molecule has 0 saturated carbocycles. The minimum atomic E-state index is -0.221. The minimum Gasteiger partial charge on any atom is -0.278 e. The summed E-state index contributed by atoms with van der Waals surface area (Å²) in [6.45, 7) is 7.44. The highest BCUT2D eigenvalue weighted by atomic mass is 35.5. The molecule has 0 radical (unpaired) electrons. The van der Waals surface area contributed by atoms with Gasteiger partial charge in [-0.05, 0) is 36.2 Å². The molecule has 3 aromatic heterocycles. The monoisotopic (exact) mass is 469 g/mol. The van der Waals surface area contributed by atoms with Gasteiger partial charge < -0.3 is 0 Å². The normalized spacial score (nSPS) is 16.6. The van der Waals surface area contributed by atoms with Crippen molar-refractivity contribution in [2.75, 3.05) is 0 Å². The van der Waals surface area contributed by atoms with Crippen LogP contribution in [0.1, 0.15) is 42.5 Å². The number of thiazole rings is 1. The van der Waals surface area contributed by atoms with Gasteiger partial charge in [0, 0.05) is 26.9 Å². The largest absolute Gasteiger partial charge is 0.349 e. The number of hydrogen-bond donors (Lipinski definition) is 0.